The van der Waals surface area contributed by atoms with E-state index in [1.165, 1.54) is 7.11 Å². The van der Waals surface area contributed by atoms with Crippen LogP contribution < -0.4 is 25.2 Å². The number of benzene rings is 2. The largest absolute Gasteiger partial charge is 0.497 e. The first-order valence-corrected chi connectivity index (χ1v) is 8.88. The monoisotopic (exact) mass is 394 g/mol. The van der Waals surface area contributed by atoms with Gasteiger partial charge in [0.25, 0.3) is 5.91 Å². The summed E-state index contributed by atoms with van der Waals surface area (Å²) in [4.78, 5) is 40.6. The summed E-state index contributed by atoms with van der Waals surface area (Å²) in [6.07, 6.45) is 0. The molecule has 1 atom stereocenters. The topological polar surface area (TPSA) is 91.0 Å². The number of hydrogen-bond donors (Lipinski definition) is 2. The van der Waals surface area contributed by atoms with Gasteiger partial charge in [0, 0.05) is 31.2 Å². The lowest BCUT2D eigenvalue weighted by molar-refractivity contribution is -0.132. The van der Waals surface area contributed by atoms with Crippen molar-refractivity contribution in [2.45, 2.75) is 0 Å². The third-order valence-electron chi connectivity index (χ3n) is 4.51. The Labute approximate surface area is 168 Å². The van der Waals surface area contributed by atoms with Gasteiger partial charge in [-0.15, -0.1) is 0 Å². The molecule has 0 spiro atoms. The molecule has 29 heavy (non-hydrogen) atoms. The fourth-order valence-electron chi connectivity index (χ4n) is 2.98. The molecule has 2 aromatic rings. The Morgan fingerprint density at radius 3 is 2.45 bits per heavy atom. The van der Waals surface area contributed by atoms with Crippen LogP contribution in [0.15, 0.2) is 60.8 Å². The van der Waals surface area contributed by atoms with Crippen molar-refractivity contribution in [2.24, 2.45) is 5.92 Å². The minimum atomic E-state index is -1.25. The molecule has 150 valence electrons. The molecule has 1 aliphatic rings. The quantitative estimate of drug-likeness (QED) is 0.732. The van der Waals surface area contributed by atoms with E-state index in [0.717, 1.165) is 10.6 Å². The van der Waals surface area contributed by atoms with Crippen molar-refractivity contribution in [3.05, 3.63) is 60.8 Å². The Hall–Kier alpha value is -3.81. The lowest BCUT2D eigenvalue weighted by Crippen LogP contribution is -2.59. The molecule has 0 unspecified atom stereocenters. The van der Waals surface area contributed by atoms with E-state index < -0.39 is 23.8 Å². The summed E-state index contributed by atoms with van der Waals surface area (Å²) >= 11 is 0. The maximum atomic E-state index is 13.0. The third-order valence-corrected chi connectivity index (χ3v) is 4.51. The molecule has 0 aliphatic carbocycles. The zero-order valence-corrected chi connectivity index (χ0v) is 16.4. The summed E-state index contributed by atoms with van der Waals surface area (Å²) in [6.45, 7) is 3.87. The van der Waals surface area contributed by atoms with E-state index in [1.807, 2.05) is 37.2 Å². The van der Waals surface area contributed by atoms with Gasteiger partial charge in [0.2, 0.25) is 5.91 Å². The van der Waals surface area contributed by atoms with Crippen LogP contribution in [-0.2, 0) is 9.59 Å². The van der Waals surface area contributed by atoms with Crippen LogP contribution in [0.5, 0.6) is 5.75 Å². The first-order chi connectivity index (χ1) is 13.8. The molecule has 3 rings (SSSR count). The minimum absolute atomic E-state index is 0.175. The van der Waals surface area contributed by atoms with Crippen molar-refractivity contribution in [1.29, 1.82) is 0 Å². The number of imide groups is 2. The molecule has 1 saturated heterocycles. The van der Waals surface area contributed by atoms with Crippen LogP contribution in [0, 0.1) is 5.92 Å². The first kappa shape index (κ1) is 19.9. The van der Waals surface area contributed by atoms with Gasteiger partial charge in [-0.1, -0.05) is 12.6 Å². The normalized spacial score (nSPS) is 16.3. The van der Waals surface area contributed by atoms with Gasteiger partial charge in [-0.3, -0.25) is 14.9 Å². The van der Waals surface area contributed by atoms with Crippen molar-refractivity contribution in [3.8, 4) is 5.75 Å². The van der Waals surface area contributed by atoms with Crippen LogP contribution in [0.25, 0.3) is 0 Å². The Bertz CT molecular complexity index is 969. The molecule has 8 heteroatoms. The Morgan fingerprint density at radius 1 is 1.14 bits per heavy atom. The van der Waals surface area contributed by atoms with Gasteiger partial charge >= 0.3 is 6.03 Å². The first-order valence-electron chi connectivity index (χ1n) is 8.88. The molecule has 2 aromatic carbocycles. The molecule has 1 fully saturated rings. The Morgan fingerprint density at radius 2 is 1.83 bits per heavy atom. The number of rotatable bonds is 6. The highest BCUT2D eigenvalue weighted by atomic mass is 16.5. The highest BCUT2D eigenvalue weighted by Crippen LogP contribution is 2.27. The highest BCUT2D eigenvalue weighted by molar-refractivity contribution is 6.28. The number of amides is 4. The van der Waals surface area contributed by atoms with E-state index in [1.54, 1.807) is 30.3 Å². The van der Waals surface area contributed by atoms with E-state index in [2.05, 4.69) is 17.2 Å². The van der Waals surface area contributed by atoms with Crippen LogP contribution in [0.2, 0.25) is 0 Å². The second kappa shape index (κ2) is 8.05. The molecule has 8 nitrogen and oxygen atoms in total. The predicted molar refractivity (Wildman–Crippen MR) is 111 cm³/mol. The van der Waals surface area contributed by atoms with Crippen LogP contribution in [-0.4, -0.2) is 39.1 Å². The smallest absolute Gasteiger partial charge is 0.335 e. The van der Waals surface area contributed by atoms with Gasteiger partial charge in [0.15, 0.2) is 5.92 Å². The summed E-state index contributed by atoms with van der Waals surface area (Å²) in [5, 5.41) is 5.23. The molecular formula is C21H22N4O4. The van der Waals surface area contributed by atoms with Gasteiger partial charge in [0.05, 0.1) is 12.8 Å². The SMILES string of the molecule is C=C(Nc1cccc(N(C)C)c1)[C@@H]1C(=O)NC(=O)N(c2ccc(OC)cc2)C1=O. The molecule has 0 radical (unpaired) electrons. The van der Waals surface area contributed by atoms with Crippen molar-refractivity contribution in [3.63, 3.8) is 0 Å². The van der Waals surface area contributed by atoms with Gasteiger partial charge in [-0.05, 0) is 42.5 Å². The van der Waals surface area contributed by atoms with Crippen molar-refractivity contribution in [2.75, 3.05) is 36.3 Å². The second-order valence-corrected chi connectivity index (χ2v) is 6.69. The molecule has 0 bridgehead atoms. The summed E-state index contributed by atoms with van der Waals surface area (Å²) in [7, 11) is 5.33. The summed E-state index contributed by atoms with van der Waals surface area (Å²) < 4.78 is 5.09. The number of carbonyl (C=O) groups excluding carboxylic acids is 3. The van der Waals surface area contributed by atoms with Crippen LogP contribution in [0.1, 0.15) is 0 Å². The average molecular weight is 394 g/mol. The zero-order chi connectivity index (χ0) is 21.1. The van der Waals surface area contributed by atoms with Gasteiger partial charge in [0.1, 0.15) is 5.75 Å². The van der Waals surface area contributed by atoms with E-state index in [0.29, 0.717) is 17.1 Å². The number of nitrogens with one attached hydrogen (secondary N) is 2. The number of anilines is 3. The molecule has 0 saturated carbocycles. The third kappa shape index (κ3) is 4.06. The Kier molecular flexibility index (Phi) is 5.54. The number of nitrogens with zero attached hydrogens (tertiary/aromatic N) is 2. The van der Waals surface area contributed by atoms with Gasteiger partial charge < -0.3 is 15.0 Å². The van der Waals surface area contributed by atoms with Crippen LogP contribution in [0.3, 0.4) is 0 Å². The molecule has 4 amide bonds. The van der Waals surface area contributed by atoms with Crippen molar-refractivity contribution < 1.29 is 19.1 Å². The fourth-order valence-corrected chi connectivity index (χ4v) is 2.98. The number of barbiturate groups is 1. The zero-order valence-electron chi connectivity index (χ0n) is 16.4. The van der Waals surface area contributed by atoms with E-state index >= 15 is 0 Å². The van der Waals surface area contributed by atoms with E-state index in [-0.39, 0.29) is 5.70 Å². The minimum Gasteiger partial charge on any atom is -0.497 e. The van der Waals surface area contributed by atoms with E-state index in [4.69, 9.17) is 4.74 Å². The lowest BCUT2D eigenvalue weighted by atomic mass is 10.0. The van der Waals surface area contributed by atoms with Crippen LogP contribution >= 0.6 is 0 Å². The van der Waals surface area contributed by atoms with Gasteiger partial charge in [-0.25, -0.2) is 9.69 Å². The predicted octanol–water partition coefficient (Wildman–Crippen LogP) is 2.59. The van der Waals surface area contributed by atoms with Gasteiger partial charge in [-0.2, -0.15) is 0 Å². The molecule has 0 aromatic heterocycles. The number of ether oxygens (including phenoxy) is 1. The standard InChI is InChI=1S/C21H22N4O4/c1-13(22-14-6-5-7-16(12-14)24(2)3)18-19(26)23-21(28)25(20(18)27)15-8-10-17(29-4)11-9-15/h5-12,18,22H,1H2,2-4H3,(H,23,26,28)/t18-/m1/s1. The molecule has 1 heterocycles. The number of methoxy groups -OCH3 is 1. The Balaban J connectivity index is 1.84. The molecular weight excluding hydrogens is 372 g/mol. The molecule has 1 aliphatic heterocycles. The maximum absolute atomic E-state index is 13.0. The number of carbonyl (C=O) groups is 3. The molecule has 2 N–H and O–H groups in total. The fraction of sp³-hybridized carbons (Fsp3) is 0.190. The summed E-state index contributed by atoms with van der Waals surface area (Å²) in [5.74, 6) is -2.06. The van der Waals surface area contributed by atoms with Crippen LogP contribution in [0.4, 0.5) is 21.9 Å². The average Bonchev–Trinajstić information content (AvgIpc) is 2.68. The van der Waals surface area contributed by atoms with Crippen molar-refractivity contribution in [1.82, 2.24) is 5.32 Å². The maximum Gasteiger partial charge on any atom is 0.335 e. The number of urea groups is 1. The number of hydrogen-bond acceptors (Lipinski definition) is 6. The van der Waals surface area contributed by atoms with Crippen molar-refractivity contribution >= 4 is 34.9 Å². The highest BCUT2D eigenvalue weighted by Gasteiger charge is 2.43. The summed E-state index contributed by atoms with van der Waals surface area (Å²) in [6, 6.07) is 13.0. The van der Waals surface area contributed by atoms with E-state index in [9.17, 15) is 14.4 Å². The summed E-state index contributed by atoms with van der Waals surface area (Å²) in [5.41, 5.74) is 2.12. The lowest BCUT2D eigenvalue weighted by Gasteiger charge is -2.31. The second-order valence-electron chi connectivity index (χ2n) is 6.69.